The Morgan fingerprint density at radius 2 is 1.95 bits per heavy atom. The van der Waals surface area contributed by atoms with Gasteiger partial charge in [0.15, 0.2) is 0 Å². The van der Waals surface area contributed by atoms with Gasteiger partial charge in [0.25, 0.3) is 5.91 Å². The number of nitrogens with one attached hydrogen (secondary N) is 1. The summed E-state index contributed by atoms with van der Waals surface area (Å²) in [5, 5.41) is 3.51. The van der Waals surface area contributed by atoms with E-state index in [0.717, 1.165) is 49.2 Å². The van der Waals surface area contributed by atoms with Gasteiger partial charge in [-0.1, -0.05) is 6.92 Å². The number of carbonyl (C=O) groups excluding carboxylic acids is 1. The molecular weight excluding hydrogens is 262 g/mol. The van der Waals surface area contributed by atoms with Crippen LogP contribution in [0.15, 0.2) is 12.1 Å². The second-order valence-corrected chi connectivity index (χ2v) is 6.06. The van der Waals surface area contributed by atoms with E-state index in [9.17, 15) is 4.79 Å². The van der Waals surface area contributed by atoms with Gasteiger partial charge in [0.05, 0.1) is 11.3 Å². The van der Waals surface area contributed by atoms with E-state index in [1.165, 1.54) is 0 Å². The number of pyridine rings is 1. The van der Waals surface area contributed by atoms with Gasteiger partial charge in [0.1, 0.15) is 0 Å². The average molecular weight is 289 g/mol. The summed E-state index contributed by atoms with van der Waals surface area (Å²) in [5.41, 5.74) is 2.52. The lowest BCUT2D eigenvalue weighted by molar-refractivity contribution is 0.0683. The summed E-state index contributed by atoms with van der Waals surface area (Å²) in [4.78, 5) is 19.0. The molecule has 0 atom stereocenters. The fraction of sp³-hybridized carbons (Fsp3) is 0.647. The molecule has 2 rings (SSSR count). The van der Waals surface area contributed by atoms with E-state index >= 15 is 0 Å². The third-order valence-corrected chi connectivity index (χ3v) is 4.51. The van der Waals surface area contributed by atoms with E-state index in [-0.39, 0.29) is 5.91 Å². The Balaban J connectivity index is 2.00. The molecule has 1 fully saturated rings. The normalized spacial score (nSPS) is 22.1. The molecule has 116 valence electrons. The SMILES string of the molecule is CCNC1CCC(N(C)C(=O)c2ccc(C)nc2C)CC1. The van der Waals surface area contributed by atoms with Gasteiger partial charge < -0.3 is 10.2 Å². The lowest BCUT2D eigenvalue weighted by Crippen LogP contribution is -2.43. The van der Waals surface area contributed by atoms with Crippen molar-refractivity contribution in [3.8, 4) is 0 Å². The van der Waals surface area contributed by atoms with Crippen LogP contribution in [-0.4, -0.2) is 41.5 Å². The summed E-state index contributed by atoms with van der Waals surface area (Å²) >= 11 is 0. The maximum absolute atomic E-state index is 12.7. The molecule has 1 aliphatic rings. The predicted octanol–water partition coefficient (Wildman–Crippen LogP) is 2.69. The van der Waals surface area contributed by atoms with E-state index in [1.807, 2.05) is 37.9 Å². The summed E-state index contributed by atoms with van der Waals surface area (Å²) in [6, 6.07) is 4.79. The topological polar surface area (TPSA) is 45.2 Å². The maximum atomic E-state index is 12.7. The second-order valence-electron chi connectivity index (χ2n) is 6.06. The molecule has 21 heavy (non-hydrogen) atoms. The fourth-order valence-electron chi connectivity index (χ4n) is 3.22. The van der Waals surface area contributed by atoms with Crippen LogP contribution in [0.5, 0.6) is 0 Å². The summed E-state index contributed by atoms with van der Waals surface area (Å²) in [7, 11) is 1.93. The van der Waals surface area contributed by atoms with E-state index < -0.39 is 0 Å². The molecule has 4 heteroatoms. The largest absolute Gasteiger partial charge is 0.339 e. The van der Waals surface area contributed by atoms with Crippen LogP contribution in [0.3, 0.4) is 0 Å². The minimum atomic E-state index is 0.104. The highest BCUT2D eigenvalue weighted by molar-refractivity contribution is 5.95. The first-order chi connectivity index (χ1) is 10.0. The molecule has 1 saturated carbocycles. The molecule has 1 amide bonds. The van der Waals surface area contributed by atoms with Crippen molar-refractivity contribution in [2.75, 3.05) is 13.6 Å². The lowest BCUT2D eigenvalue weighted by atomic mass is 9.90. The zero-order valence-electron chi connectivity index (χ0n) is 13.6. The minimum absolute atomic E-state index is 0.104. The van der Waals surface area contributed by atoms with Crippen LogP contribution in [0.25, 0.3) is 0 Å². The molecule has 1 heterocycles. The summed E-state index contributed by atoms with van der Waals surface area (Å²) in [6.45, 7) is 7.04. The zero-order valence-corrected chi connectivity index (χ0v) is 13.6. The first-order valence-corrected chi connectivity index (χ1v) is 7.97. The van der Waals surface area contributed by atoms with E-state index in [2.05, 4.69) is 17.2 Å². The third kappa shape index (κ3) is 3.82. The lowest BCUT2D eigenvalue weighted by Gasteiger charge is -2.35. The van der Waals surface area contributed by atoms with Crippen LogP contribution in [0.4, 0.5) is 0 Å². The Hall–Kier alpha value is -1.42. The monoisotopic (exact) mass is 289 g/mol. The minimum Gasteiger partial charge on any atom is -0.339 e. The van der Waals surface area contributed by atoms with Gasteiger partial charge in [-0.05, 0) is 58.2 Å². The highest BCUT2D eigenvalue weighted by atomic mass is 16.2. The molecule has 0 unspecified atom stereocenters. The van der Waals surface area contributed by atoms with Crippen molar-refractivity contribution < 1.29 is 4.79 Å². The van der Waals surface area contributed by atoms with Crippen LogP contribution in [0.1, 0.15) is 54.4 Å². The highest BCUT2D eigenvalue weighted by Crippen LogP contribution is 2.24. The molecule has 0 saturated heterocycles. The summed E-state index contributed by atoms with van der Waals surface area (Å²) < 4.78 is 0. The molecule has 0 bridgehead atoms. The number of rotatable bonds is 4. The molecule has 1 aromatic heterocycles. The van der Waals surface area contributed by atoms with Gasteiger partial charge in [-0.3, -0.25) is 9.78 Å². The van der Waals surface area contributed by atoms with Crippen LogP contribution < -0.4 is 5.32 Å². The standard InChI is InChI=1S/C17H27N3O/c1-5-18-14-7-9-15(10-8-14)20(4)17(21)16-11-6-12(2)19-13(16)3/h6,11,14-15,18H,5,7-10H2,1-4H3. The van der Waals surface area contributed by atoms with Crippen molar-refractivity contribution in [2.45, 2.75) is 58.5 Å². The number of amides is 1. The first kappa shape index (κ1) is 16.0. The Bertz CT molecular complexity index is 493. The Morgan fingerprint density at radius 1 is 1.29 bits per heavy atom. The third-order valence-electron chi connectivity index (χ3n) is 4.51. The van der Waals surface area contributed by atoms with Crippen LogP contribution >= 0.6 is 0 Å². The van der Waals surface area contributed by atoms with Crippen molar-refractivity contribution >= 4 is 5.91 Å². The number of nitrogens with zero attached hydrogens (tertiary/aromatic N) is 2. The molecule has 0 spiro atoms. The molecular formula is C17H27N3O. The van der Waals surface area contributed by atoms with Gasteiger partial charge in [-0.2, -0.15) is 0 Å². The van der Waals surface area contributed by atoms with E-state index in [1.54, 1.807) is 0 Å². The fourth-order valence-corrected chi connectivity index (χ4v) is 3.22. The summed E-state index contributed by atoms with van der Waals surface area (Å²) in [5.74, 6) is 0.104. The van der Waals surface area contributed by atoms with E-state index in [4.69, 9.17) is 0 Å². The quantitative estimate of drug-likeness (QED) is 0.927. The number of aromatic nitrogens is 1. The summed E-state index contributed by atoms with van der Waals surface area (Å²) in [6.07, 6.45) is 4.47. The van der Waals surface area contributed by atoms with Crippen molar-refractivity contribution in [1.82, 2.24) is 15.2 Å². The van der Waals surface area contributed by atoms with Crippen molar-refractivity contribution in [3.63, 3.8) is 0 Å². The van der Waals surface area contributed by atoms with Crippen molar-refractivity contribution in [2.24, 2.45) is 0 Å². The highest BCUT2D eigenvalue weighted by Gasteiger charge is 2.27. The molecule has 0 aliphatic heterocycles. The van der Waals surface area contributed by atoms with Gasteiger partial charge in [-0.15, -0.1) is 0 Å². The number of hydrogen-bond donors (Lipinski definition) is 1. The smallest absolute Gasteiger partial charge is 0.255 e. The van der Waals surface area contributed by atoms with Crippen LogP contribution in [0.2, 0.25) is 0 Å². The van der Waals surface area contributed by atoms with Gasteiger partial charge in [0.2, 0.25) is 0 Å². The molecule has 0 aromatic carbocycles. The van der Waals surface area contributed by atoms with Crippen LogP contribution in [0, 0.1) is 13.8 Å². The average Bonchev–Trinajstić information content (AvgIpc) is 2.47. The molecule has 1 N–H and O–H groups in total. The Kier molecular flexibility index (Phi) is 5.34. The Labute approximate surface area is 127 Å². The van der Waals surface area contributed by atoms with Gasteiger partial charge >= 0.3 is 0 Å². The van der Waals surface area contributed by atoms with Crippen LogP contribution in [-0.2, 0) is 0 Å². The molecule has 1 aromatic rings. The predicted molar refractivity (Wildman–Crippen MR) is 85.5 cm³/mol. The van der Waals surface area contributed by atoms with Gasteiger partial charge in [-0.25, -0.2) is 0 Å². The maximum Gasteiger partial charge on any atom is 0.255 e. The number of aryl methyl sites for hydroxylation is 2. The van der Waals surface area contributed by atoms with Crippen molar-refractivity contribution in [1.29, 1.82) is 0 Å². The first-order valence-electron chi connectivity index (χ1n) is 7.97. The van der Waals surface area contributed by atoms with E-state index in [0.29, 0.717) is 12.1 Å². The van der Waals surface area contributed by atoms with Gasteiger partial charge in [0, 0.05) is 24.8 Å². The van der Waals surface area contributed by atoms with Crippen molar-refractivity contribution in [3.05, 3.63) is 29.1 Å². The zero-order chi connectivity index (χ0) is 15.4. The molecule has 4 nitrogen and oxygen atoms in total. The second kappa shape index (κ2) is 7.03. The molecule has 1 aliphatic carbocycles. The number of carbonyl (C=O) groups is 1. The molecule has 0 radical (unpaired) electrons. The number of hydrogen-bond acceptors (Lipinski definition) is 3. The Morgan fingerprint density at radius 3 is 2.52 bits per heavy atom.